The van der Waals surface area contributed by atoms with Crippen LogP contribution in [-0.2, 0) is 6.42 Å². The number of amides is 1. The maximum absolute atomic E-state index is 13.0. The van der Waals surface area contributed by atoms with Gasteiger partial charge < -0.3 is 9.73 Å². The minimum absolute atomic E-state index is 0.265. The Labute approximate surface area is 168 Å². The third-order valence-corrected chi connectivity index (χ3v) is 4.60. The van der Waals surface area contributed by atoms with Gasteiger partial charge in [0.25, 0.3) is 5.91 Å². The summed E-state index contributed by atoms with van der Waals surface area (Å²) in [5, 5.41) is 3.66. The summed E-state index contributed by atoms with van der Waals surface area (Å²) in [5.74, 6) is 0.161. The van der Waals surface area contributed by atoms with Crippen LogP contribution in [0.3, 0.4) is 0 Å². The minimum atomic E-state index is -0.318. The highest BCUT2D eigenvalue weighted by atomic mass is 16.3. The van der Waals surface area contributed by atoms with Crippen LogP contribution in [0, 0.1) is 6.92 Å². The lowest BCUT2D eigenvalue weighted by Crippen LogP contribution is -2.22. The van der Waals surface area contributed by atoms with Gasteiger partial charge in [0, 0.05) is 11.6 Å². The monoisotopic (exact) mass is 383 g/mol. The molecule has 0 bridgehead atoms. The predicted octanol–water partition coefficient (Wildman–Crippen LogP) is 5.18. The Bertz CT molecular complexity index is 1240. The summed E-state index contributed by atoms with van der Waals surface area (Å²) in [7, 11) is 0. The van der Waals surface area contributed by atoms with E-state index in [0.29, 0.717) is 17.0 Å². The maximum atomic E-state index is 13.0. The van der Waals surface area contributed by atoms with Gasteiger partial charge in [-0.2, -0.15) is 0 Å². The van der Waals surface area contributed by atoms with Crippen LogP contribution in [0.15, 0.2) is 82.3 Å². The van der Waals surface area contributed by atoms with Crippen LogP contribution < -0.4 is 10.9 Å². The quantitative estimate of drug-likeness (QED) is 0.528. The van der Waals surface area contributed by atoms with E-state index in [1.165, 1.54) is 5.56 Å². The predicted molar refractivity (Wildman–Crippen MR) is 114 cm³/mol. The van der Waals surface area contributed by atoms with Gasteiger partial charge in [-0.05, 0) is 54.8 Å². The summed E-state index contributed by atoms with van der Waals surface area (Å²) in [6.45, 7) is 4.04. The van der Waals surface area contributed by atoms with Crippen molar-refractivity contribution in [1.29, 1.82) is 0 Å². The van der Waals surface area contributed by atoms with Gasteiger partial charge in [-0.25, -0.2) is 9.98 Å². The first-order chi connectivity index (χ1) is 14.1. The van der Waals surface area contributed by atoms with E-state index in [1.807, 2.05) is 61.5 Å². The van der Waals surface area contributed by atoms with Crippen LogP contribution in [-0.4, -0.2) is 10.9 Å². The minimum Gasteiger partial charge on any atom is -0.438 e. The molecule has 0 radical (unpaired) electrons. The van der Waals surface area contributed by atoms with Crippen LogP contribution in [0.4, 0.5) is 11.5 Å². The highest BCUT2D eigenvalue weighted by Gasteiger charge is 2.13. The topological polar surface area (TPSA) is 67.5 Å². The Morgan fingerprint density at radius 1 is 1.07 bits per heavy atom. The summed E-state index contributed by atoms with van der Waals surface area (Å²) in [4.78, 5) is 21.9. The summed E-state index contributed by atoms with van der Waals surface area (Å²) < 4.78 is 6.00. The van der Waals surface area contributed by atoms with Gasteiger partial charge in [-0.1, -0.05) is 43.3 Å². The summed E-state index contributed by atoms with van der Waals surface area (Å²) >= 11 is 0. The number of aromatic nitrogens is 1. The fourth-order valence-electron chi connectivity index (χ4n) is 3.00. The third-order valence-electron chi connectivity index (χ3n) is 4.60. The lowest BCUT2D eigenvalue weighted by molar-refractivity contribution is 0.102. The number of hydrogen-bond acceptors (Lipinski definition) is 4. The van der Waals surface area contributed by atoms with Gasteiger partial charge in [0.1, 0.15) is 17.0 Å². The second-order valence-corrected chi connectivity index (χ2v) is 6.81. The van der Waals surface area contributed by atoms with Crippen molar-refractivity contribution < 1.29 is 9.21 Å². The van der Waals surface area contributed by atoms with Gasteiger partial charge >= 0.3 is 0 Å². The molecule has 1 N–H and O–H groups in total. The molecule has 4 aromatic rings. The fourth-order valence-corrected chi connectivity index (χ4v) is 3.00. The van der Waals surface area contributed by atoms with Crippen LogP contribution >= 0.6 is 0 Å². The first kappa shape index (κ1) is 18.6. The molecule has 0 aliphatic rings. The van der Waals surface area contributed by atoms with Gasteiger partial charge in [-0.3, -0.25) is 4.79 Å². The number of benzene rings is 2. The number of anilines is 1. The number of fused-ring (bicyclic) bond motifs is 1. The molecule has 0 saturated heterocycles. The van der Waals surface area contributed by atoms with Crippen molar-refractivity contribution in [2.75, 3.05) is 5.32 Å². The average molecular weight is 383 g/mol. The number of nitrogens with one attached hydrogen (secondary N) is 1. The van der Waals surface area contributed by atoms with Crippen LogP contribution in [0.25, 0.3) is 11.0 Å². The Morgan fingerprint density at radius 2 is 1.93 bits per heavy atom. The number of carbonyl (C=O) groups excluding carboxylic acids is 1. The Kier molecular flexibility index (Phi) is 5.20. The number of aryl methyl sites for hydroxylation is 2. The molecule has 2 heterocycles. The Hall–Kier alpha value is -3.73. The number of pyridine rings is 1. The van der Waals surface area contributed by atoms with E-state index in [1.54, 1.807) is 18.3 Å². The molecule has 0 aliphatic carbocycles. The first-order valence-electron chi connectivity index (χ1n) is 9.53. The number of rotatable bonds is 4. The zero-order valence-electron chi connectivity index (χ0n) is 16.3. The van der Waals surface area contributed by atoms with Crippen LogP contribution in [0.5, 0.6) is 0 Å². The Morgan fingerprint density at radius 3 is 2.72 bits per heavy atom. The molecule has 144 valence electrons. The lowest BCUT2D eigenvalue weighted by Gasteiger charge is -2.07. The fraction of sp³-hybridized carbons (Fsp3) is 0.125. The van der Waals surface area contributed by atoms with E-state index >= 15 is 0 Å². The highest BCUT2D eigenvalue weighted by molar-refractivity contribution is 6.04. The highest BCUT2D eigenvalue weighted by Crippen LogP contribution is 2.17. The normalized spacial score (nSPS) is 11.6. The molecular formula is C24H21N3O2. The van der Waals surface area contributed by atoms with Crippen molar-refractivity contribution in [2.45, 2.75) is 20.3 Å². The molecule has 1 amide bonds. The van der Waals surface area contributed by atoms with Crippen molar-refractivity contribution >= 4 is 28.4 Å². The van der Waals surface area contributed by atoms with Gasteiger partial charge in [0.05, 0.1) is 5.69 Å². The molecule has 0 saturated carbocycles. The van der Waals surface area contributed by atoms with Crippen molar-refractivity contribution in [3.8, 4) is 0 Å². The zero-order valence-corrected chi connectivity index (χ0v) is 16.3. The summed E-state index contributed by atoms with van der Waals surface area (Å²) in [5.41, 5.74) is 4.22. The van der Waals surface area contributed by atoms with Crippen molar-refractivity contribution in [2.24, 2.45) is 4.99 Å². The number of hydrogen-bond donors (Lipinski definition) is 1. The van der Waals surface area contributed by atoms with Crippen LogP contribution in [0.1, 0.15) is 28.4 Å². The van der Waals surface area contributed by atoms with E-state index < -0.39 is 0 Å². The maximum Gasteiger partial charge on any atom is 0.262 e. The molecule has 0 aliphatic heterocycles. The molecule has 0 spiro atoms. The third kappa shape index (κ3) is 4.24. The molecule has 29 heavy (non-hydrogen) atoms. The first-order valence-corrected chi connectivity index (χ1v) is 9.53. The molecular weight excluding hydrogens is 362 g/mol. The van der Waals surface area contributed by atoms with E-state index in [4.69, 9.17) is 4.42 Å². The number of nitrogens with zero attached hydrogens (tertiary/aromatic N) is 2. The standard InChI is InChI=1S/C24H21N3O2/c1-3-17-7-6-9-19(13-17)26-24-20(14-18-8-4-5-10-21(18)29-24)23(28)27-22-12-11-16(2)15-25-22/h4-15H,3H2,1-2H3,(H,25,27,28). The molecule has 2 aromatic heterocycles. The van der Waals surface area contributed by atoms with Crippen molar-refractivity contribution in [3.05, 3.63) is 95.2 Å². The van der Waals surface area contributed by atoms with E-state index in [9.17, 15) is 4.79 Å². The Balaban J connectivity index is 1.82. The number of para-hydroxylation sites is 1. The lowest BCUT2D eigenvalue weighted by atomic mass is 10.1. The molecule has 4 rings (SSSR count). The van der Waals surface area contributed by atoms with Crippen LogP contribution in [0.2, 0.25) is 0 Å². The summed E-state index contributed by atoms with van der Waals surface area (Å²) in [6, 6.07) is 20.9. The van der Waals surface area contributed by atoms with Gasteiger partial charge in [-0.15, -0.1) is 0 Å². The smallest absolute Gasteiger partial charge is 0.262 e. The van der Waals surface area contributed by atoms with E-state index in [-0.39, 0.29) is 11.5 Å². The van der Waals surface area contributed by atoms with Crippen molar-refractivity contribution in [1.82, 2.24) is 4.98 Å². The largest absolute Gasteiger partial charge is 0.438 e. The van der Waals surface area contributed by atoms with Gasteiger partial charge in [0.2, 0.25) is 5.55 Å². The summed E-state index contributed by atoms with van der Waals surface area (Å²) in [6.07, 6.45) is 2.62. The molecule has 0 fully saturated rings. The van der Waals surface area contributed by atoms with Gasteiger partial charge in [0.15, 0.2) is 0 Å². The molecule has 2 aromatic carbocycles. The zero-order chi connectivity index (χ0) is 20.2. The second kappa shape index (κ2) is 8.10. The molecule has 0 atom stereocenters. The molecule has 5 nitrogen and oxygen atoms in total. The average Bonchev–Trinajstić information content (AvgIpc) is 2.75. The van der Waals surface area contributed by atoms with E-state index in [2.05, 4.69) is 22.2 Å². The second-order valence-electron chi connectivity index (χ2n) is 6.81. The number of carbonyl (C=O) groups is 1. The van der Waals surface area contributed by atoms with E-state index in [0.717, 1.165) is 23.1 Å². The molecule has 0 unspecified atom stereocenters. The SMILES string of the molecule is CCc1cccc(N=c2oc3ccccc3cc2C(=O)Nc2ccc(C)cn2)c1. The van der Waals surface area contributed by atoms with Crippen molar-refractivity contribution in [3.63, 3.8) is 0 Å². The molecule has 5 heteroatoms.